The number of nitrogens with one attached hydrogen (secondary N) is 2. The smallest absolute Gasteiger partial charge is 0.221 e. The highest BCUT2D eigenvalue weighted by atomic mass is 16.1. The first-order valence-electron chi connectivity index (χ1n) is 6.17. The van der Waals surface area contributed by atoms with Gasteiger partial charge in [-0.2, -0.15) is 0 Å². The second-order valence-electron chi connectivity index (χ2n) is 4.39. The lowest BCUT2D eigenvalue weighted by molar-refractivity contribution is -0.114. The summed E-state index contributed by atoms with van der Waals surface area (Å²) >= 11 is 0. The summed E-state index contributed by atoms with van der Waals surface area (Å²) in [4.78, 5) is 15.4. The van der Waals surface area contributed by atoms with Gasteiger partial charge in [-0.25, -0.2) is 0 Å². The zero-order valence-corrected chi connectivity index (χ0v) is 11.1. The number of hydrogen-bond donors (Lipinski definition) is 2. The number of anilines is 2. The molecule has 0 saturated heterocycles. The Morgan fingerprint density at radius 3 is 2.79 bits per heavy atom. The number of rotatable bonds is 4. The molecule has 2 aromatic rings. The van der Waals surface area contributed by atoms with Gasteiger partial charge in [0.1, 0.15) is 0 Å². The van der Waals surface area contributed by atoms with Crippen molar-refractivity contribution >= 4 is 17.3 Å². The van der Waals surface area contributed by atoms with Crippen molar-refractivity contribution in [3.05, 3.63) is 53.9 Å². The first-order valence-corrected chi connectivity index (χ1v) is 6.17. The largest absolute Gasteiger partial charge is 0.379 e. The van der Waals surface area contributed by atoms with E-state index in [-0.39, 0.29) is 5.91 Å². The number of pyridine rings is 1. The Morgan fingerprint density at radius 2 is 2.11 bits per heavy atom. The van der Waals surface area contributed by atoms with Gasteiger partial charge in [-0.05, 0) is 36.8 Å². The van der Waals surface area contributed by atoms with E-state index in [1.54, 1.807) is 6.20 Å². The minimum atomic E-state index is -0.0648. The van der Waals surface area contributed by atoms with E-state index in [1.807, 2.05) is 43.3 Å². The summed E-state index contributed by atoms with van der Waals surface area (Å²) in [6.45, 7) is 4.13. The Hall–Kier alpha value is -2.36. The van der Waals surface area contributed by atoms with Gasteiger partial charge in [0.25, 0.3) is 0 Å². The van der Waals surface area contributed by atoms with Crippen LogP contribution in [0.25, 0.3) is 0 Å². The number of carbonyl (C=O) groups is 1. The molecule has 0 bridgehead atoms. The Balaban J connectivity index is 2.06. The predicted molar refractivity (Wildman–Crippen MR) is 77.0 cm³/mol. The normalized spacial score (nSPS) is 10.0. The van der Waals surface area contributed by atoms with Crippen LogP contribution in [-0.4, -0.2) is 10.9 Å². The third-order valence-corrected chi connectivity index (χ3v) is 2.75. The lowest BCUT2D eigenvalue weighted by atomic mass is 10.1. The molecule has 0 atom stereocenters. The van der Waals surface area contributed by atoms with Crippen molar-refractivity contribution in [3.8, 4) is 0 Å². The number of benzene rings is 1. The van der Waals surface area contributed by atoms with E-state index in [1.165, 1.54) is 6.92 Å². The molecule has 0 saturated carbocycles. The molecular formula is C15H17N3O. The van der Waals surface area contributed by atoms with E-state index in [0.29, 0.717) is 6.54 Å². The van der Waals surface area contributed by atoms with Gasteiger partial charge in [-0.15, -0.1) is 0 Å². The van der Waals surface area contributed by atoms with Crippen LogP contribution in [0.4, 0.5) is 11.4 Å². The fourth-order valence-electron chi connectivity index (χ4n) is 1.75. The van der Waals surface area contributed by atoms with Crippen LogP contribution >= 0.6 is 0 Å². The van der Waals surface area contributed by atoms with E-state index in [9.17, 15) is 4.79 Å². The molecule has 0 aliphatic rings. The molecule has 2 N–H and O–H groups in total. The Morgan fingerprint density at radius 1 is 1.26 bits per heavy atom. The standard InChI is InChI=1S/C15H17N3O/c1-11-6-7-13(9-15(11)18-12(2)19)17-10-14-5-3-4-8-16-14/h3-9,17H,10H2,1-2H3,(H,18,19). The molecule has 0 aliphatic carbocycles. The number of nitrogens with zero attached hydrogens (tertiary/aromatic N) is 1. The number of hydrogen-bond acceptors (Lipinski definition) is 3. The monoisotopic (exact) mass is 255 g/mol. The summed E-state index contributed by atoms with van der Waals surface area (Å²) < 4.78 is 0. The topological polar surface area (TPSA) is 54.0 Å². The van der Waals surface area contributed by atoms with Crippen LogP contribution < -0.4 is 10.6 Å². The van der Waals surface area contributed by atoms with Gasteiger partial charge in [-0.1, -0.05) is 12.1 Å². The zero-order chi connectivity index (χ0) is 13.7. The van der Waals surface area contributed by atoms with E-state index in [4.69, 9.17) is 0 Å². The van der Waals surface area contributed by atoms with Crippen LogP contribution in [-0.2, 0) is 11.3 Å². The summed E-state index contributed by atoms with van der Waals surface area (Å²) in [5.41, 5.74) is 3.81. The van der Waals surface area contributed by atoms with Crippen LogP contribution in [0.1, 0.15) is 18.2 Å². The van der Waals surface area contributed by atoms with Crippen LogP contribution in [0, 0.1) is 6.92 Å². The van der Waals surface area contributed by atoms with Gasteiger partial charge in [0.15, 0.2) is 0 Å². The molecule has 4 heteroatoms. The van der Waals surface area contributed by atoms with Gasteiger partial charge in [-0.3, -0.25) is 9.78 Å². The van der Waals surface area contributed by atoms with Crippen molar-refractivity contribution < 1.29 is 4.79 Å². The third kappa shape index (κ3) is 3.81. The number of carbonyl (C=O) groups excluding carboxylic acids is 1. The molecule has 1 amide bonds. The SMILES string of the molecule is CC(=O)Nc1cc(NCc2ccccn2)ccc1C. The quantitative estimate of drug-likeness (QED) is 0.883. The van der Waals surface area contributed by atoms with Crippen LogP contribution in [0.15, 0.2) is 42.6 Å². The summed E-state index contributed by atoms with van der Waals surface area (Å²) in [6, 6.07) is 11.7. The molecule has 2 rings (SSSR count). The van der Waals surface area contributed by atoms with E-state index >= 15 is 0 Å². The van der Waals surface area contributed by atoms with Gasteiger partial charge in [0.2, 0.25) is 5.91 Å². The van der Waals surface area contributed by atoms with Gasteiger partial charge >= 0.3 is 0 Å². The summed E-state index contributed by atoms with van der Waals surface area (Å²) in [5.74, 6) is -0.0648. The molecule has 0 unspecified atom stereocenters. The van der Waals surface area contributed by atoms with Crippen molar-refractivity contribution in [1.29, 1.82) is 0 Å². The fraction of sp³-hybridized carbons (Fsp3) is 0.200. The molecule has 0 radical (unpaired) electrons. The molecule has 1 aromatic carbocycles. The molecule has 0 fully saturated rings. The summed E-state index contributed by atoms with van der Waals surface area (Å²) in [7, 11) is 0. The predicted octanol–water partition coefficient (Wildman–Crippen LogP) is 2.96. The summed E-state index contributed by atoms with van der Waals surface area (Å²) in [5, 5.41) is 6.11. The second-order valence-corrected chi connectivity index (χ2v) is 4.39. The molecular weight excluding hydrogens is 238 g/mol. The molecule has 0 spiro atoms. The van der Waals surface area contributed by atoms with E-state index in [2.05, 4.69) is 15.6 Å². The van der Waals surface area contributed by atoms with Gasteiger partial charge in [0, 0.05) is 24.5 Å². The maximum Gasteiger partial charge on any atom is 0.221 e. The molecule has 1 aromatic heterocycles. The zero-order valence-electron chi connectivity index (χ0n) is 11.1. The number of aromatic nitrogens is 1. The van der Waals surface area contributed by atoms with Crippen LogP contribution in [0.2, 0.25) is 0 Å². The highest BCUT2D eigenvalue weighted by Crippen LogP contribution is 2.20. The molecule has 0 aliphatic heterocycles. The summed E-state index contributed by atoms with van der Waals surface area (Å²) in [6.07, 6.45) is 1.77. The maximum absolute atomic E-state index is 11.1. The van der Waals surface area contributed by atoms with Crippen LogP contribution in [0.3, 0.4) is 0 Å². The van der Waals surface area contributed by atoms with Crippen molar-refractivity contribution in [2.45, 2.75) is 20.4 Å². The lowest BCUT2D eigenvalue weighted by Gasteiger charge is -2.11. The van der Waals surface area contributed by atoms with Crippen LogP contribution in [0.5, 0.6) is 0 Å². The van der Waals surface area contributed by atoms with Gasteiger partial charge < -0.3 is 10.6 Å². The Kier molecular flexibility index (Phi) is 4.13. The van der Waals surface area contributed by atoms with Crippen molar-refractivity contribution in [1.82, 2.24) is 4.98 Å². The first kappa shape index (κ1) is 13.1. The Labute approximate surface area is 112 Å². The van der Waals surface area contributed by atoms with Crippen molar-refractivity contribution in [3.63, 3.8) is 0 Å². The second kappa shape index (κ2) is 6.00. The average Bonchev–Trinajstić information content (AvgIpc) is 2.40. The minimum absolute atomic E-state index is 0.0648. The third-order valence-electron chi connectivity index (χ3n) is 2.75. The highest BCUT2D eigenvalue weighted by Gasteiger charge is 2.02. The molecule has 98 valence electrons. The molecule has 1 heterocycles. The van der Waals surface area contributed by atoms with E-state index < -0.39 is 0 Å². The molecule has 4 nitrogen and oxygen atoms in total. The first-order chi connectivity index (χ1) is 9.15. The minimum Gasteiger partial charge on any atom is -0.379 e. The fourth-order valence-corrected chi connectivity index (χ4v) is 1.75. The van der Waals surface area contributed by atoms with E-state index in [0.717, 1.165) is 22.6 Å². The highest BCUT2D eigenvalue weighted by molar-refractivity contribution is 5.90. The van der Waals surface area contributed by atoms with Crippen molar-refractivity contribution in [2.24, 2.45) is 0 Å². The average molecular weight is 255 g/mol. The lowest BCUT2D eigenvalue weighted by Crippen LogP contribution is -2.08. The molecule has 19 heavy (non-hydrogen) atoms. The maximum atomic E-state index is 11.1. The number of amides is 1. The number of aryl methyl sites for hydroxylation is 1. The Bertz CT molecular complexity index is 567. The van der Waals surface area contributed by atoms with Crippen molar-refractivity contribution in [2.75, 3.05) is 10.6 Å². The van der Waals surface area contributed by atoms with Gasteiger partial charge in [0.05, 0.1) is 12.2 Å².